The first-order valence-corrected chi connectivity index (χ1v) is 9.23. The summed E-state index contributed by atoms with van der Waals surface area (Å²) in [5, 5.41) is 0. The zero-order chi connectivity index (χ0) is 19.0. The summed E-state index contributed by atoms with van der Waals surface area (Å²) in [6.07, 6.45) is 1.66. The van der Waals surface area contributed by atoms with Crippen molar-refractivity contribution in [3.8, 4) is 0 Å². The summed E-state index contributed by atoms with van der Waals surface area (Å²) < 4.78 is 13.8. The number of hydrogen-bond donors (Lipinski definition) is 0. The second kappa shape index (κ2) is 7.02. The van der Waals surface area contributed by atoms with Crippen LogP contribution in [-0.4, -0.2) is 38.5 Å². The maximum atomic E-state index is 13.8. The SMILES string of the molecule is CN1CCN(C(=O)Cc2cccc(N3CCCC3=O)c2)c2cc(F)ccc21. The van der Waals surface area contributed by atoms with Crippen molar-refractivity contribution in [2.45, 2.75) is 19.3 Å². The smallest absolute Gasteiger partial charge is 0.231 e. The fourth-order valence-corrected chi connectivity index (χ4v) is 3.81. The molecule has 6 heteroatoms. The van der Waals surface area contributed by atoms with Gasteiger partial charge in [-0.05, 0) is 42.3 Å². The van der Waals surface area contributed by atoms with E-state index in [9.17, 15) is 14.0 Å². The predicted octanol–water partition coefficient (Wildman–Crippen LogP) is 2.98. The van der Waals surface area contributed by atoms with E-state index in [1.807, 2.05) is 36.2 Å². The van der Waals surface area contributed by atoms with E-state index in [0.717, 1.165) is 29.9 Å². The Bertz CT molecular complexity index is 899. The molecule has 1 saturated heterocycles. The van der Waals surface area contributed by atoms with Crippen LogP contribution in [0.15, 0.2) is 42.5 Å². The summed E-state index contributed by atoms with van der Waals surface area (Å²) >= 11 is 0. The van der Waals surface area contributed by atoms with Crippen molar-refractivity contribution in [2.24, 2.45) is 0 Å². The zero-order valence-corrected chi connectivity index (χ0v) is 15.3. The van der Waals surface area contributed by atoms with Crippen LogP contribution in [0.25, 0.3) is 0 Å². The van der Waals surface area contributed by atoms with E-state index in [-0.39, 0.29) is 24.1 Å². The lowest BCUT2D eigenvalue weighted by Crippen LogP contribution is -2.43. The van der Waals surface area contributed by atoms with Crippen molar-refractivity contribution in [1.29, 1.82) is 0 Å². The van der Waals surface area contributed by atoms with Gasteiger partial charge in [0.05, 0.1) is 17.8 Å². The minimum absolute atomic E-state index is 0.0696. The quantitative estimate of drug-likeness (QED) is 0.838. The van der Waals surface area contributed by atoms with E-state index in [4.69, 9.17) is 0 Å². The molecule has 0 saturated carbocycles. The van der Waals surface area contributed by atoms with Crippen LogP contribution in [0.1, 0.15) is 18.4 Å². The maximum Gasteiger partial charge on any atom is 0.231 e. The molecule has 0 unspecified atom stereocenters. The normalized spacial score (nSPS) is 16.7. The highest BCUT2D eigenvalue weighted by atomic mass is 19.1. The van der Waals surface area contributed by atoms with Crippen LogP contribution in [-0.2, 0) is 16.0 Å². The predicted molar refractivity (Wildman–Crippen MR) is 104 cm³/mol. The number of carbonyl (C=O) groups excluding carboxylic acids is 2. The van der Waals surface area contributed by atoms with Crippen LogP contribution in [0.4, 0.5) is 21.5 Å². The van der Waals surface area contributed by atoms with E-state index in [1.54, 1.807) is 15.9 Å². The second-order valence-electron chi connectivity index (χ2n) is 7.10. The van der Waals surface area contributed by atoms with Gasteiger partial charge in [0, 0.05) is 38.8 Å². The highest BCUT2D eigenvalue weighted by Gasteiger charge is 2.26. The second-order valence-corrected chi connectivity index (χ2v) is 7.10. The van der Waals surface area contributed by atoms with E-state index in [1.165, 1.54) is 12.1 Å². The zero-order valence-electron chi connectivity index (χ0n) is 15.3. The molecular weight excluding hydrogens is 345 g/mol. The molecule has 0 spiro atoms. The first kappa shape index (κ1) is 17.5. The maximum absolute atomic E-state index is 13.8. The molecule has 0 radical (unpaired) electrons. The van der Waals surface area contributed by atoms with Crippen LogP contribution in [0, 0.1) is 5.82 Å². The van der Waals surface area contributed by atoms with E-state index in [2.05, 4.69) is 0 Å². The van der Waals surface area contributed by atoms with Gasteiger partial charge in [-0.1, -0.05) is 12.1 Å². The summed E-state index contributed by atoms with van der Waals surface area (Å²) in [4.78, 5) is 30.4. The average Bonchev–Trinajstić information content (AvgIpc) is 3.08. The van der Waals surface area contributed by atoms with Crippen molar-refractivity contribution in [3.63, 3.8) is 0 Å². The van der Waals surface area contributed by atoms with E-state index in [0.29, 0.717) is 25.2 Å². The highest BCUT2D eigenvalue weighted by Crippen LogP contribution is 2.33. The van der Waals surface area contributed by atoms with Gasteiger partial charge < -0.3 is 14.7 Å². The molecule has 2 aliphatic heterocycles. The number of benzene rings is 2. The molecule has 2 aliphatic rings. The number of hydrogen-bond acceptors (Lipinski definition) is 3. The Morgan fingerprint density at radius 2 is 1.93 bits per heavy atom. The standard InChI is InChI=1S/C21H22FN3O2/c1-23-10-11-25(19-14-16(22)7-8-18(19)23)21(27)13-15-4-2-5-17(12-15)24-9-3-6-20(24)26/h2,4-5,7-8,12,14H,3,6,9-11,13H2,1H3. The van der Waals surface area contributed by atoms with Crippen LogP contribution in [0.2, 0.25) is 0 Å². The Morgan fingerprint density at radius 3 is 2.70 bits per heavy atom. The lowest BCUT2D eigenvalue weighted by atomic mass is 10.1. The Kier molecular flexibility index (Phi) is 4.56. The molecule has 5 nitrogen and oxygen atoms in total. The third-order valence-corrected chi connectivity index (χ3v) is 5.25. The monoisotopic (exact) mass is 367 g/mol. The molecule has 0 N–H and O–H groups in total. The minimum Gasteiger partial charge on any atom is -0.371 e. The Balaban J connectivity index is 1.56. The molecule has 4 rings (SSSR count). The number of anilines is 3. The van der Waals surface area contributed by atoms with Gasteiger partial charge in [0.25, 0.3) is 0 Å². The van der Waals surface area contributed by atoms with Gasteiger partial charge in [-0.15, -0.1) is 0 Å². The van der Waals surface area contributed by atoms with Crippen molar-refractivity contribution in [2.75, 3.05) is 41.4 Å². The van der Waals surface area contributed by atoms with E-state index >= 15 is 0 Å². The fraction of sp³-hybridized carbons (Fsp3) is 0.333. The summed E-state index contributed by atoms with van der Waals surface area (Å²) in [5.74, 6) is -0.293. The van der Waals surface area contributed by atoms with Gasteiger partial charge in [0.1, 0.15) is 5.82 Å². The Morgan fingerprint density at radius 1 is 1.07 bits per heavy atom. The minimum atomic E-state index is -0.351. The number of amides is 2. The lowest BCUT2D eigenvalue weighted by molar-refractivity contribution is -0.118. The third kappa shape index (κ3) is 3.39. The van der Waals surface area contributed by atoms with Crippen LogP contribution < -0.4 is 14.7 Å². The van der Waals surface area contributed by atoms with Crippen LogP contribution in [0.5, 0.6) is 0 Å². The summed E-state index contributed by atoms with van der Waals surface area (Å²) in [7, 11) is 1.94. The van der Waals surface area contributed by atoms with Gasteiger partial charge in [-0.3, -0.25) is 9.59 Å². The molecule has 140 valence electrons. The van der Waals surface area contributed by atoms with Crippen LogP contribution >= 0.6 is 0 Å². The van der Waals surface area contributed by atoms with Crippen molar-refractivity contribution < 1.29 is 14.0 Å². The molecule has 0 aliphatic carbocycles. The average molecular weight is 367 g/mol. The van der Waals surface area contributed by atoms with Crippen LogP contribution in [0.3, 0.4) is 0 Å². The summed E-state index contributed by atoms with van der Waals surface area (Å²) in [6.45, 7) is 1.95. The molecule has 2 amide bonds. The molecule has 2 aromatic carbocycles. The number of likely N-dealkylation sites (N-methyl/N-ethyl adjacent to an activating group) is 1. The number of fused-ring (bicyclic) bond motifs is 1. The lowest BCUT2D eigenvalue weighted by Gasteiger charge is -2.35. The Hall–Kier alpha value is -2.89. The van der Waals surface area contributed by atoms with Gasteiger partial charge >= 0.3 is 0 Å². The number of halogens is 1. The highest BCUT2D eigenvalue weighted by molar-refractivity contribution is 5.99. The van der Waals surface area contributed by atoms with Crippen molar-refractivity contribution in [3.05, 3.63) is 53.8 Å². The van der Waals surface area contributed by atoms with Crippen molar-refractivity contribution >= 4 is 28.9 Å². The first-order valence-electron chi connectivity index (χ1n) is 9.23. The molecule has 0 bridgehead atoms. The van der Waals surface area contributed by atoms with Gasteiger partial charge in [0.15, 0.2) is 0 Å². The number of carbonyl (C=O) groups is 2. The van der Waals surface area contributed by atoms with Gasteiger partial charge in [-0.2, -0.15) is 0 Å². The molecule has 27 heavy (non-hydrogen) atoms. The largest absolute Gasteiger partial charge is 0.371 e. The summed E-state index contributed by atoms with van der Waals surface area (Å²) in [5.41, 5.74) is 3.16. The van der Waals surface area contributed by atoms with Gasteiger partial charge in [-0.25, -0.2) is 4.39 Å². The topological polar surface area (TPSA) is 43.9 Å². The fourth-order valence-electron chi connectivity index (χ4n) is 3.81. The van der Waals surface area contributed by atoms with Gasteiger partial charge in [0.2, 0.25) is 11.8 Å². The Labute approximate surface area is 158 Å². The molecule has 2 heterocycles. The molecule has 0 aromatic heterocycles. The third-order valence-electron chi connectivity index (χ3n) is 5.25. The molecular formula is C21H22FN3O2. The summed E-state index contributed by atoms with van der Waals surface area (Å²) in [6, 6.07) is 12.1. The molecule has 2 aromatic rings. The molecule has 0 atom stereocenters. The van der Waals surface area contributed by atoms with Crippen molar-refractivity contribution in [1.82, 2.24) is 0 Å². The number of nitrogens with zero attached hydrogens (tertiary/aromatic N) is 3. The van der Waals surface area contributed by atoms with E-state index < -0.39 is 0 Å². The molecule has 1 fully saturated rings. The number of rotatable bonds is 3. The first-order chi connectivity index (χ1) is 13.0.